The lowest BCUT2D eigenvalue weighted by atomic mass is 9.95. The second-order valence-electron chi connectivity index (χ2n) is 5.94. The summed E-state index contributed by atoms with van der Waals surface area (Å²) < 4.78 is 0. The van der Waals surface area contributed by atoms with Crippen molar-refractivity contribution >= 4 is 0 Å². The van der Waals surface area contributed by atoms with E-state index in [0.29, 0.717) is 0 Å². The van der Waals surface area contributed by atoms with Gasteiger partial charge in [-0.3, -0.25) is 4.90 Å². The molecule has 2 rings (SSSR count). The smallest absolute Gasteiger partial charge is 0.133 e. The third kappa shape index (κ3) is 2.83. The zero-order valence-corrected chi connectivity index (χ0v) is 11.5. The Hall–Kier alpha value is -0.960. The van der Waals surface area contributed by atoms with E-state index in [2.05, 4.69) is 37.6 Å². The van der Waals surface area contributed by atoms with Gasteiger partial charge in [0.05, 0.1) is 5.69 Å². The van der Waals surface area contributed by atoms with Crippen LogP contribution in [0.2, 0.25) is 0 Å². The van der Waals surface area contributed by atoms with Crippen molar-refractivity contribution in [1.82, 2.24) is 14.9 Å². The molecule has 1 aromatic heterocycles. The third-order valence-electron chi connectivity index (χ3n) is 3.24. The highest BCUT2D eigenvalue weighted by Gasteiger charge is 2.22. The molecule has 0 N–H and O–H groups in total. The topological polar surface area (TPSA) is 29.0 Å². The predicted octanol–water partition coefficient (Wildman–Crippen LogP) is 2.54. The zero-order chi connectivity index (χ0) is 12.5. The third-order valence-corrected chi connectivity index (χ3v) is 3.24. The number of hydrogen-bond acceptors (Lipinski definition) is 3. The SMILES string of the molecule is CCCN1CCc2cnc(C(C)(C)C)nc2C1. The fraction of sp³-hybridized carbons (Fsp3) is 0.714. The van der Waals surface area contributed by atoms with Crippen molar-refractivity contribution in [3.8, 4) is 0 Å². The molecule has 0 aromatic carbocycles. The molecule has 0 aliphatic carbocycles. The van der Waals surface area contributed by atoms with Crippen molar-refractivity contribution < 1.29 is 0 Å². The first-order valence-corrected chi connectivity index (χ1v) is 6.58. The highest BCUT2D eigenvalue weighted by atomic mass is 15.1. The average molecular weight is 233 g/mol. The first-order valence-electron chi connectivity index (χ1n) is 6.58. The minimum Gasteiger partial charge on any atom is -0.297 e. The van der Waals surface area contributed by atoms with Gasteiger partial charge in [-0.2, -0.15) is 0 Å². The van der Waals surface area contributed by atoms with Crippen LogP contribution in [0.15, 0.2) is 6.20 Å². The molecular formula is C14H23N3. The van der Waals surface area contributed by atoms with Crippen molar-refractivity contribution in [2.75, 3.05) is 13.1 Å². The minimum atomic E-state index is 0.0437. The molecule has 2 heterocycles. The number of rotatable bonds is 2. The van der Waals surface area contributed by atoms with Gasteiger partial charge in [0.25, 0.3) is 0 Å². The molecule has 1 aliphatic heterocycles. The van der Waals surface area contributed by atoms with Crippen LogP contribution in [0.5, 0.6) is 0 Å². The van der Waals surface area contributed by atoms with Crippen LogP contribution in [0.25, 0.3) is 0 Å². The summed E-state index contributed by atoms with van der Waals surface area (Å²) in [6, 6.07) is 0. The maximum absolute atomic E-state index is 4.76. The van der Waals surface area contributed by atoms with Gasteiger partial charge in [-0.15, -0.1) is 0 Å². The van der Waals surface area contributed by atoms with Crippen molar-refractivity contribution in [2.24, 2.45) is 0 Å². The molecule has 0 saturated heterocycles. The van der Waals surface area contributed by atoms with Gasteiger partial charge in [0.1, 0.15) is 5.82 Å². The molecule has 0 atom stereocenters. The Bertz CT molecular complexity index is 393. The molecule has 0 fully saturated rings. The first kappa shape index (κ1) is 12.5. The second kappa shape index (κ2) is 4.73. The van der Waals surface area contributed by atoms with Gasteiger partial charge < -0.3 is 0 Å². The Morgan fingerprint density at radius 2 is 2.12 bits per heavy atom. The van der Waals surface area contributed by atoms with Crippen LogP contribution in [0.1, 0.15) is 51.2 Å². The molecule has 3 nitrogen and oxygen atoms in total. The van der Waals surface area contributed by atoms with E-state index < -0.39 is 0 Å². The molecule has 17 heavy (non-hydrogen) atoms. The summed E-state index contributed by atoms with van der Waals surface area (Å²) >= 11 is 0. The fourth-order valence-corrected chi connectivity index (χ4v) is 2.23. The number of hydrogen-bond donors (Lipinski definition) is 0. The largest absolute Gasteiger partial charge is 0.297 e. The van der Waals surface area contributed by atoms with Crippen LogP contribution < -0.4 is 0 Å². The summed E-state index contributed by atoms with van der Waals surface area (Å²) in [5.41, 5.74) is 2.62. The van der Waals surface area contributed by atoms with Gasteiger partial charge >= 0.3 is 0 Å². The summed E-state index contributed by atoms with van der Waals surface area (Å²) in [5.74, 6) is 0.967. The highest BCUT2D eigenvalue weighted by Crippen LogP contribution is 2.22. The minimum absolute atomic E-state index is 0.0437. The van der Waals surface area contributed by atoms with Gasteiger partial charge in [0, 0.05) is 24.7 Å². The van der Waals surface area contributed by atoms with E-state index in [1.165, 1.54) is 24.2 Å². The van der Waals surface area contributed by atoms with Crippen LogP contribution in [0.3, 0.4) is 0 Å². The molecule has 0 saturated carbocycles. The van der Waals surface area contributed by atoms with Crippen LogP contribution in [-0.2, 0) is 18.4 Å². The normalized spacial score (nSPS) is 16.9. The Balaban J connectivity index is 2.23. The molecule has 0 radical (unpaired) electrons. The lowest BCUT2D eigenvalue weighted by Crippen LogP contribution is -2.33. The van der Waals surface area contributed by atoms with Gasteiger partial charge in [0.15, 0.2) is 0 Å². The van der Waals surface area contributed by atoms with Gasteiger partial charge in [0.2, 0.25) is 0 Å². The summed E-state index contributed by atoms with van der Waals surface area (Å²) in [5, 5.41) is 0. The molecule has 1 aliphatic rings. The summed E-state index contributed by atoms with van der Waals surface area (Å²) in [6.45, 7) is 12.1. The molecule has 94 valence electrons. The van der Waals surface area contributed by atoms with E-state index in [-0.39, 0.29) is 5.41 Å². The molecule has 0 unspecified atom stereocenters. The maximum atomic E-state index is 4.76. The molecule has 0 bridgehead atoms. The quantitative estimate of drug-likeness (QED) is 0.786. The van der Waals surface area contributed by atoms with E-state index in [4.69, 9.17) is 4.98 Å². The van der Waals surface area contributed by atoms with Crippen LogP contribution >= 0.6 is 0 Å². The fourth-order valence-electron chi connectivity index (χ4n) is 2.23. The Morgan fingerprint density at radius 1 is 1.35 bits per heavy atom. The van der Waals surface area contributed by atoms with Gasteiger partial charge in [-0.1, -0.05) is 27.7 Å². The molecule has 1 aromatic rings. The summed E-state index contributed by atoms with van der Waals surface area (Å²) in [4.78, 5) is 11.8. The molecule has 0 amide bonds. The average Bonchev–Trinajstić information content (AvgIpc) is 2.27. The number of nitrogens with zero attached hydrogens (tertiary/aromatic N) is 3. The maximum Gasteiger partial charge on any atom is 0.133 e. The van der Waals surface area contributed by atoms with E-state index >= 15 is 0 Å². The predicted molar refractivity (Wildman–Crippen MR) is 70.0 cm³/mol. The van der Waals surface area contributed by atoms with E-state index in [1.807, 2.05) is 6.20 Å². The summed E-state index contributed by atoms with van der Waals surface area (Å²) in [6.07, 6.45) is 4.35. The number of aromatic nitrogens is 2. The van der Waals surface area contributed by atoms with Crippen LogP contribution in [0.4, 0.5) is 0 Å². The number of fused-ring (bicyclic) bond motifs is 1. The second-order valence-corrected chi connectivity index (χ2v) is 5.94. The molecule has 0 spiro atoms. The lowest BCUT2D eigenvalue weighted by molar-refractivity contribution is 0.249. The first-order chi connectivity index (χ1) is 8.00. The van der Waals surface area contributed by atoms with E-state index in [1.54, 1.807) is 0 Å². The highest BCUT2D eigenvalue weighted by molar-refractivity contribution is 5.22. The molecule has 3 heteroatoms. The van der Waals surface area contributed by atoms with Crippen molar-refractivity contribution in [1.29, 1.82) is 0 Å². The van der Waals surface area contributed by atoms with E-state index in [0.717, 1.165) is 25.3 Å². The standard InChI is InChI=1S/C14H23N3/c1-5-7-17-8-6-11-9-15-13(14(2,3)4)16-12(11)10-17/h9H,5-8,10H2,1-4H3. The van der Waals surface area contributed by atoms with Crippen molar-refractivity contribution in [3.05, 3.63) is 23.3 Å². The Kier molecular flexibility index (Phi) is 3.48. The Labute approximate surface area is 104 Å². The lowest BCUT2D eigenvalue weighted by Gasteiger charge is -2.28. The Morgan fingerprint density at radius 3 is 2.76 bits per heavy atom. The summed E-state index contributed by atoms with van der Waals surface area (Å²) in [7, 11) is 0. The molecular weight excluding hydrogens is 210 g/mol. The van der Waals surface area contributed by atoms with Gasteiger partial charge in [-0.05, 0) is 24.9 Å². The van der Waals surface area contributed by atoms with Crippen molar-refractivity contribution in [3.63, 3.8) is 0 Å². The van der Waals surface area contributed by atoms with Crippen LogP contribution in [-0.4, -0.2) is 28.0 Å². The van der Waals surface area contributed by atoms with Gasteiger partial charge in [-0.25, -0.2) is 9.97 Å². The van der Waals surface area contributed by atoms with Crippen molar-refractivity contribution in [2.45, 2.75) is 52.5 Å². The zero-order valence-electron chi connectivity index (χ0n) is 11.5. The van der Waals surface area contributed by atoms with E-state index in [9.17, 15) is 0 Å². The monoisotopic (exact) mass is 233 g/mol. The van der Waals surface area contributed by atoms with Crippen LogP contribution in [0, 0.1) is 0 Å².